The van der Waals surface area contributed by atoms with Crippen molar-refractivity contribution < 1.29 is 14.4 Å². The van der Waals surface area contributed by atoms with Gasteiger partial charge in [0.1, 0.15) is 6.04 Å². The molecule has 0 radical (unpaired) electrons. The van der Waals surface area contributed by atoms with E-state index < -0.39 is 6.04 Å². The Kier molecular flexibility index (Phi) is 7.22. The molecule has 1 atom stereocenters. The molecular weight excluding hydrogens is 378 g/mol. The molecule has 0 aromatic heterocycles. The molecule has 0 aliphatic carbocycles. The van der Waals surface area contributed by atoms with Gasteiger partial charge in [-0.15, -0.1) is 0 Å². The normalized spacial score (nSPS) is 15.0. The minimum Gasteiger partial charge on any atom is -0.341 e. The molecule has 0 saturated carbocycles. The Bertz CT molecular complexity index is 860. The van der Waals surface area contributed by atoms with Crippen molar-refractivity contribution in [2.75, 3.05) is 26.2 Å². The van der Waals surface area contributed by atoms with Crippen LogP contribution >= 0.6 is 0 Å². The lowest BCUT2D eigenvalue weighted by molar-refractivity contribution is -0.138. The lowest BCUT2D eigenvalue weighted by Gasteiger charge is -2.36. The topological polar surface area (TPSA) is 69.7 Å². The molecule has 1 unspecified atom stereocenters. The largest absolute Gasteiger partial charge is 0.341 e. The molecule has 0 bridgehead atoms. The van der Waals surface area contributed by atoms with Crippen LogP contribution < -0.4 is 5.32 Å². The lowest BCUT2D eigenvalue weighted by atomic mass is 10.0. The molecule has 2 aromatic rings. The Morgan fingerprint density at radius 1 is 0.833 bits per heavy atom. The molecule has 30 heavy (non-hydrogen) atoms. The van der Waals surface area contributed by atoms with E-state index in [1.165, 1.54) is 0 Å². The standard InChI is InChI=1S/C24H29N3O3/c1-18(2)17-21(28)25-22(19-9-5-3-6-10-19)24(30)27-15-13-26(14-16-27)23(29)20-11-7-4-8-12-20/h3-12,18,22H,13-17H2,1-2H3,(H,25,28). The lowest BCUT2D eigenvalue weighted by Crippen LogP contribution is -2.53. The van der Waals surface area contributed by atoms with Crippen molar-refractivity contribution >= 4 is 17.7 Å². The quantitative estimate of drug-likeness (QED) is 0.801. The summed E-state index contributed by atoms with van der Waals surface area (Å²) in [5.74, 6) is -0.0770. The van der Waals surface area contributed by atoms with Gasteiger partial charge in [-0.1, -0.05) is 62.4 Å². The van der Waals surface area contributed by atoms with Crippen molar-refractivity contribution in [3.8, 4) is 0 Å². The molecule has 3 rings (SSSR count). The monoisotopic (exact) mass is 407 g/mol. The molecule has 158 valence electrons. The zero-order chi connectivity index (χ0) is 21.5. The fraction of sp³-hybridized carbons (Fsp3) is 0.375. The average Bonchev–Trinajstić information content (AvgIpc) is 2.77. The number of benzene rings is 2. The van der Waals surface area contributed by atoms with Crippen LogP contribution in [-0.4, -0.2) is 53.7 Å². The van der Waals surface area contributed by atoms with Gasteiger partial charge in [0.25, 0.3) is 5.91 Å². The van der Waals surface area contributed by atoms with E-state index in [2.05, 4.69) is 5.32 Å². The molecule has 3 amide bonds. The van der Waals surface area contributed by atoms with E-state index in [4.69, 9.17) is 0 Å². The van der Waals surface area contributed by atoms with Gasteiger partial charge in [0, 0.05) is 38.2 Å². The number of piperazine rings is 1. The number of nitrogens with one attached hydrogen (secondary N) is 1. The summed E-state index contributed by atoms with van der Waals surface area (Å²) in [6.45, 7) is 5.78. The molecule has 2 aromatic carbocycles. The van der Waals surface area contributed by atoms with E-state index in [9.17, 15) is 14.4 Å². The number of hydrogen-bond donors (Lipinski definition) is 1. The minimum atomic E-state index is -0.714. The van der Waals surface area contributed by atoms with Gasteiger partial charge < -0.3 is 15.1 Å². The van der Waals surface area contributed by atoms with Crippen LogP contribution in [0.25, 0.3) is 0 Å². The third-order valence-corrected chi connectivity index (χ3v) is 5.18. The van der Waals surface area contributed by atoms with Gasteiger partial charge in [-0.2, -0.15) is 0 Å². The fourth-order valence-electron chi connectivity index (χ4n) is 3.60. The number of amides is 3. The predicted molar refractivity (Wildman–Crippen MR) is 116 cm³/mol. The predicted octanol–water partition coefficient (Wildman–Crippen LogP) is 2.87. The minimum absolute atomic E-state index is 0.0208. The molecular formula is C24H29N3O3. The highest BCUT2D eigenvalue weighted by Crippen LogP contribution is 2.19. The maximum Gasteiger partial charge on any atom is 0.253 e. The molecule has 6 heteroatoms. The highest BCUT2D eigenvalue weighted by atomic mass is 16.2. The first-order valence-electron chi connectivity index (χ1n) is 10.4. The SMILES string of the molecule is CC(C)CC(=O)NC(C(=O)N1CCN(C(=O)c2ccccc2)CC1)c1ccccc1. The first-order chi connectivity index (χ1) is 14.5. The highest BCUT2D eigenvalue weighted by molar-refractivity contribution is 5.94. The molecule has 1 saturated heterocycles. The van der Waals surface area contributed by atoms with Crippen LogP contribution in [0.5, 0.6) is 0 Å². The Morgan fingerprint density at radius 3 is 1.93 bits per heavy atom. The molecule has 0 spiro atoms. The molecule has 1 heterocycles. The second-order valence-corrected chi connectivity index (χ2v) is 7.99. The number of hydrogen-bond acceptors (Lipinski definition) is 3. The molecule has 6 nitrogen and oxygen atoms in total. The summed E-state index contributed by atoms with van der Waals surface area (Å²) in [5.41, 5.74) is 1.42. The third kappa shape index (κ3) is 5.47. The van der Waals surface area contributed by atoms with Crippen molar-refractivity contribution in [3.63, 3.8) is 0 Å². The second kappa shape index (κ2) is 10.1. The van der Waals surface area contributed by atoms with Crippen molar-refractivity contribution in [1.82, 2.24) is 15.1 Å². The van der Waals surface area contributed by atoms with Crippen LogP contribution in [0, 0.1) is 5.92 Å². The summed E-state index contributed by atoms with van der Waals surface area (Å²) in [7, 11) is 0. The van der Waals surface area contributed by atoms with Crippen LogP contribution in [0.1, 0.15) is 42.2 Å². The Balaban J connectivity index is 1.67. The van der Waals surface area contributed by atoms with Crippen LogP contribution in [0.4, 0.5) is 0 Å². The first-order valence-corrected chi connectivity index (χ1v) is 10.4. The number of carbonyl (C=O) groups is 3. The number of carbonyl (C=O) groups excluding carboxylic acids is 3. The maximum absolute atomic E-state index is 13.3. The van der Waals surface area contributed by atoms with E-state index >= 15 is 0 Å². The first kappa shape index (κ1) is 21.6. The van der Waals surface area contributed by atoms with Crippen molar-refractivity contribution in [1.29, 1.82) is 0 Å². The van der Waals surface area contributed by atoms with E-state index in [-0.39, 0.29) is 23.6 Å². The molecule has 1 fully saturated rings. The van der Waals surface area contributed by atoms with Crippen LogP contribution in [0.15, 0.2) is 60.7 Å². The number of rotatable bonds is 6. The summed E-state index contributed by atoms with van der Waals surface area (Å²) >= 11 is 0. The van der Waals surface area contributed by atoms with E-state index in [1.807, 2.05) is 62.4 Å². The van der Waals surface area contributed by atoms with Gasteiger partial charge in [0.05, 0.1) is 0 Å². The number of nitrogens with zero attached hydrogens (tertiary/aromatic N) is 2. The summed E-state index contributed by atoms with van der Waals surface area (Å²) < 4.78 is 0. The summed E-state index contributed by atoms with van der Waals surface area (Å²) in [6, 6.07) is 17.8. The average molecular weight is 408 g/mol. The van der Waals surface area contributed by atoms with Gasteiger partial charge in [0.15, 0.2) is 0 Å². The van der Waals surface area contributed by atoms with Gasteiger partial charge in [-0.05, 0) is 23.6 Å². The summed E-state index contributed by atoms with van der Waals surface area (Å²) in [5, 5.41) is 2.91. The molecule has 1 aliphatic heterocycles. The summed E-state index contributed by atoms with van der Waals surface area (Å²) in [4.78, 5) is 41.8. The second-order valence-electron chi connectivity index (χ2n) is 7.99. The third-order valence-electron chi connectivity index (χ3n) is 5.18. The Morgan fingerprint density at radius 2 is 1.37 bits per heavy atom. The zero-order valence-electron chi connectivity index (χ0n) is 17.6. The van der Waals surface area contributed by atoms with Crippen molar-refractivity contribution in [2.45, 2.75) is 26.3 Å². The zero-order valence-corrected chi connectivity index (χ0v) is 17.6. The van der Waals surface area contributed by atoms with Crippen molar-refractivity contribution in [2.24, 2.45) is 5.92 Å². The van der Waals surface area contributed by atoms with E-state index in [0.29, 0.717) is 38.2 Å². The van der Waals surface area contributed by atoms with Crippen LogP contribution in [-0.2, 0) is 9.59 Å². The smallest absolute Gasteiger partial charge is 0.253 e. The van der Waals surface area contributed by atoms with Gasteiger partial charge in [-0.25, -0.2) is 0 Å². The van der Waals surface area contributed by atoms with Gasteiger partial charge in [0.2, 0.25) is 11.8 Å². The van der Waals surface area contributed by atoms with Gasteiger partial charge >= 0.3 is 0 Å². The highest BCUT2D eigenvalue weighted by Gasteiger charge is 2.31. The van der Waals surface area contributed by atoms with Gasteiger partial charge in [-0.3, -0.25) is 14.4 Å². The Labute approximate surface area is 177 Å². The summed E-state index contributed by atoms with van der Waals surface area (Å²) in [6.07, 6.45) is 0.371. The van der Waals surface area contributed by atoms with Crippen LogP contribution in [0.2, 0.25) is 0 Å². The van der Waals surface area contributed by atoms with Crippen molar-refractivity contribution in [3.05, 3.63) is 71.8 Å². The molecule has 1 N–H and O–H groups in total. The fourth-order valence-corrected chi connectivity index (χ4v) is 3.60. The Hall–Kier alpha value is -3.15. The van der Waals surface area contributed by atoms with E-state index in [1.54, 1.807) is 21.9 Å². The molecule has 1 aliphatic rings. The maximum atomic E-state index is 13.3. The van der Waals surface area contributed by atoms with Crippen LogP contribution in [0.3, 0.4) is 0 Å². The van der Waals surface area contributed by atoms with E-state index in [0.717, 1.165) is 5.56 Å².